The fraction of sp³-hybridized carbons (Fsp3) is 0.409. The monoisotopic (exact) mass is 493 g/mol. The Kier molecular flexibility index (Phi) is 7.91. The highest BCUT2D eigenvalue weighted by molar-refractivity contribution is 9.10. The minimum Gasteiger partial charge on any atom is -0.350 e. The summed E-state index contributed by atoms with van der Waals surface area (Å²) in [4.78, 5) is 14.9. The van der Waals surface area contributed by atoms with Crippen LogP contribution >= 0.6 is 15.9 Å². The number of carbonyl (C=O) groups excluding carboxylic acids is 1. The summed E-state index contributed by atoms with van der Waals surface area (Å²) in [6, 6.07) is 15.2. The predicted octanol–water partition coefficient (Wildman–Crippen LogP) is 3.52. The lowest BCUT2D eigenvalue weighted by atomic mass is 10.1. The van der Waals surface area contributed by atoms with Gasteiger partial charge in [-0.2, -0.15) is 0 Å². The van der Waals surface area contributed by atoms with Crippen molar-refractivity contribution in [2.75, 3.05) is 30.2 Å². The van der Waals surface area contributed by atoms with Crippen LogP contribution < -0.4 is 9.62 Å². The topological polar surface area (TPSA) is 69.7 Å². The zero-order chi connectivity index (χ0) is 21.6. The number of piperidine rings is 1. The molecule has 8 heteroatoms. The van der Waals surface area contributed by atoms with Gasteiger partial charge >= 0.3 is 0 Å². The Labute approximate surface area is 187 Å². The summed E-state index contributed by atoms with van der Waals surface area (Å²) in [6.45, 7) is 3.37. The second-order valence-corrected chi connectivity index (χ2v) is 10.4. The van der Waals surface area contributed by atoms with E-state index in [9.17, 15) is 13.2 Å². The largest absolute Gasteiger partial charge is 0.350 e. The van der Waals surface area contributed by atoms with Crippen LogP contribution in [0.5, 0.6) is 0 Å². The number of hydrogen-bond acceptors (Lipinski definition) is 4. The van der Waals surface area contributed by atoms with Crippen LogP contribution in [0.25, 0.3) is 0 Å². The molecule has 1 aliphatic rings. The van der Waals surface area contributed by atoms with Crippen LogP contribution in [0.2, 0.25) is 0 Å². The summed E-state index contributed by atoms with van der Waals surface area (Å²) in [5.74, 6) is -0.353. The second kappa shape index (κ2) is 10.4. The highest BCUT2D eigenvalue weighted by Crippen LogP contribution is 2.27. The van der Waals surface area contributed by atoms with E-state index in [1.807, 2.05) is 12.1 Å². The summed E-state index contributed by atoms with van der Waals surface area (Å²) < 4.78 is 26.2. The van der Waals surface area contributed by atoms with Crippen molar-refractivity contribution in [2.24, 2.45) is 0 Å². The molecular formula is C22H28BrN3O3S. The van der Waals surface area contributed by atoms with Crippen LogP contribution in [0, 0.1) is 0 Å². The number of nitrogens with one attached hydrogen (secondary N) is 1. The van der Waals surface area contributed by atoms with E-state index in [0.29, 0.717) is 16.7 Å². The lowest BCUT2D eigenvalue weighted by Crippen LogP contribution is -2.40. The average Bonchev–Trinajstić information content (AvgIpc) is 2.72. The smallest absolute Gasteiger partial charge is 0.241 e. The second-order valence-electron chi connectivity index (χ2n) is 7.65. The van der Waals surface area contributed by atoms with E-state index >= 15 is 0 Å². The van der Waals surface area contributed by atoms with Crippen LogP contribution in [-0.4, -0.2) is 45.1 Å². The van der Waals surface area contributed by atoms with Gasteiger partial charge in [0, 0.05) is 17.6 Å². The Bertz CT molecular complexity index is 958. The Morgan fingerprint density at radius 1 is 1.03 bits per heavy atom. The number of carbonyl (C=O) groups is 1. The first-order valence-corrected chi connectivity index (χ1v) is 12.8. The maximum Gasteiger partial charge on any atom is 0.241 e. The third-order valence-corrected chi connectivity index (χ3v) is 6.97. The van der Waals surface area contributed by atoms with Crippen molar-refractivity contribution < 1.29 is 13.2 Å². The molecule has 1 amide bonds. The number of amides is 1. The normalized spacial score (nSPS) is 15.0. The third kappa shape index (κ3) is 6.55. The molecule has 2 aromatic carbocycles. The van der Waals surface area contributed by atoms with Crippen molar-refractivity contribution in [3.05, 3.63) is 64.1 Å². The standard InChI is InChI=1S/C22H28BrN3O3S/c1-30(28,29)26(21-8-4-3-7-20(21)23)17-22(27)24-15-18-9-11-19(12-10-18)16-25-13-5-2-6-14-25/h3-4,7-12H,2,5-6,13-17H2,1H3,(H,24,27). The van der Waals surface area contributed by atoms with Gasteiger partial charge in [-0.3, -0.25) is 14.0 Å². The number of halogens is 1. The van der Waals surface area contributed by atoms with E-state index in [4.69, 9.17) is 0 Å². The van der Waals surface area contributed by atoms with Gasteiger partial charge in [0.1, 0.15) is 6.54 Å². The maximum absolute atomic E-state index is 12.4. The lowest BCUT2D eigenvalue weighted by Gasteiger charge is -2.26. The zero-order valence-corrected chi connectivity index (χ0v) is 19.6. The van der Waals surface area contributed by atoms with Crippen LogP contribution in [0.1, 0.15) is 30.4 Å². The zero-order valence-electron chi connectivity index (χ0n) is 17.2. The molecule has 1 fully saturated rings. The van der Waals surface area contributed by atoms with Gasteiger partial charge in [0.2, 0.25) is 15.9 Å². The first-order valence-electron chi connectivity index (χ1n) is 10.1. The van der Waals surface area contributed by atoms with Gasteiger partial charge in [-0.25, -0.2) is 8.42 Å². The lowest BCUT2D eigenvalue weighted by molar-refractivity contribution is -0.119. The van der Waals surface area contributed by atoms with Crippen LogP contribution in [0.3, 0.4) is 0 Å². The first kappa shape index (κ1) is 22.8. The van der Waals surface area contributed by atoms with Gasteiger partial charge in [0.15, 0.2) is 0 Å². The van der Waals surface area contributed by atoms with Gasteiger partial charge < -0.3 is 5.32 Å². The molecule has 2 aromatic rings. The first-order chi connectivity index (χ1) is 14.3. The summed E-state index contributed by atoms with van der Waals surface area (Å²) in [5, 5.41) is 2.82. The molecule has 1 aliphatic heterocycles. The van der Waals surface area contributed by atoms with Gasteiger partial charge in [-0.1, -0.05) is 42.8 Å². The van der Waals surface area contributed by atoms with Gasteiger partial charge in [0.25, 0.3) is 0 Å². The third-order valence-electron chi connectivity index (χ3n) is 5.18. The van der Waals surface area contributed by atoms with Crippen LogP contribution in [-0.2, 0) is 27.9 Å². The quantitative estimate of drug-likeness (QED) is 0.610. The average molecular weight is 494 g/mol. The van der Waals surface area contributed by atoms with Gasteiger partial charge in [-0.15, -0.1) is 0 Å². The molecule has 1 saturated heterocycles. The molecule has 0 aliphatic carbocycles. The highest BCUT2D eigenvalue weighted by Gasteiger charge is 2.22. The fourth-order valence-corrected chi connectivity index (χ4v) is 5.04. The maximum atomic E-state index is 12.4. The van der Waals surface area contributed by atoms with E-state index in [1.165, 1.54) is 24.8 Å². The molecular weight excluding hydrogens is 466 g/mol. The molecule has 6 nitrogen and oxygen atoms in total. The van der Waals surface area contributed by atoms with Crippen molar-refractivity contribution in [1.82, 2.24) is 10.2 Å². The van der Waals surface area contributed by atoms with Crippen molar-refractivity contribution in [3.8, 4) is 0 Å². The van der Waals surface area contributed by atoms with E-state index in [-0.39, 0.29) is 12.5 Å². The van der Waals surface area contributed by atoms with Crippen LogP contribution in [0.4, 0.5) is 5.69 Å². The number of para-hydroxylation sites is 1. The van der Waals surface area contributed by atoms with Crippen molar-refractivity contribution in [3.63, 3.8) is 0 Å². The molecule has 0 aromatic heterocycles. The van der Waals surface area contributed by atoms with E-state index < -0.39 is 10.0 Å². The molecule has 0 spiro atoms. The Morgan fingerprint density at radius 3 is 2.30 bits per heavy atom. The van der Waals surface area contributed by atoms with Crippen molar-refractivity contribution in [1.29, 1.82) is 0 Å². The Morgan fingerprint density at radius 2 is 1.67 bits per heavy atom. The molecule has 1 N–H and O–H groups in total. The molecule has 3 rings (SSSR count). The Balaban J connectivity index is 1.56. The van der Waals surface area contributed by atoms with Crippen LogP contribution in [0.15, 0.2) is 53.0 Å². The number of rotatable bonds is 8. The fourth-order valence-electron chi connectivity index (χ4n) is 3.56. The van der Waals surface area contributed by atoms with E-state index in [2.05, 4.69) is 38.3 Å². The molecule has 30 heavy (non-hydrogen) atoms. The predicted molar refractivity (Wildman–Crippen MR) is 124 cm³/mol. The Hall–Kier alpha value is -1.90. The van der Waals surface area contributed by atoms with E-state index in [1.54, 1.807) is 24.3 Å². The van der Waals surface area contributed by atoms with Gasteiger partial charge in [-0.05, 0) is 65.1 Å². The molecule has 0 unspecified atom stereocenters. The number of hydrogen-bond donors (Lipinski definition) is 1. The number of benzene rings is 2. The van der Waals surface area contributed by atoms with Crippen molar-refractivity contribution in [2.45, 2.75) is 32.4 Å². The van der Waals surface area contributed by atoms with E-state index in [0.717, 1.165) is 35.8 Å². The minimum atomic E-state index is -3.60. The molecule has 0 saturated carbocycles. The van der Waals surface area contributed by atoms with Gasteiger partial charge in [0.05, 0.1) is 11.9 Å². The summed E-state index contributed by atoms with van der Waals surface area (Å²) in [6.07, 6.45) is 4.97. The number of sulfonamides is 1. The number of anilines is 1. The number of likely N-dealkylation sites (tertiary alicyclic amines) is 1. The molecule has 162 valence electrons. The summed E-state index contributed by atoms with van der Waals surface area (Å²) in [7, 11) is -3.60. The molecule has 0 atom stereocenters. The number of nitrogens with zero attached hydrogens (tertiary/aromatic N) is 2. The molecule has 0 bridgehead atoms. The summed E-state index contributed by atoms with van der Waals surface area (Å²) in [5.41, 5.74) is 2.69. The SMILES string of the molecule is CS(=O)(=O)N(CC(=O)NCc1ccc(CN2CCCCC2)cc1)c1ccccc1Br. The molecule has 0 radical (unpaired) electrons. The molecule has 1 heterocycles. The highest BCUT2D eigenvalue weighted by atomic mass is 79.9. The summed E-state index contributed by atoms with van der Waals surface area (Å²) >= 11 is 3.36. The van der Waals surface area contributed by atoms with Crippen molar-refractivity contribution >= 4 is 37.5 Å². The minimum absolute atomic E-state index is 0.269.